The third-order valence-corrected chi connectivity index (χ3v) is 4.08. The monoisotopic (exact) mass is 446 g/mol. The third-order valence-electron chi connectivity index (χ3n) is 4.08. The van der Waals surface area contributed by atoms with Crippen molar-refractivity contribution < 1.29 is 39.0 Å². The first-order valence-electron chi connectivity index (χ1n) is 9.48. The molecule has 0 bridgehead atoms. The van der Waals surface area contributed by atoms with Gasteiger partial charge in [-0.05, 0) is 32.7 Å². The molecular formula is C17H30N6O8. The largest absolute Gasteiger partial charge is 0.481 e. The first-order chi connectivity index (χ1) is 14.4. The number of primary amides is 1. The Bertz CT molecular complexity index is 686. The Morgan fingerprint density at radius 1 is 0.839 bits per heavy atom. The van der Waals surface area contributed by atoms with Gasteiger partial charge in [-0.3, -0.25) is 24.0 Å². The van der Waals surface area contributed by atoms with E-state index in [9.17, 15) is 33.9 Å². The van der Waals surface area contributed by atoms with E-state index in [0.29, 0.717) is 19.4 Å². The topological polar surface area (TPSA) is 257 Å². The minimum absolute atomic E-state index is 0.0867. The number of carboxylic acid groups (broad SMARTS) is 2. The highest BCUT2D eigenvalue weighted by Gasteiger charge is 2.29. The van der Waals surface area contributed by atoms with Crippen LogP contribution in [0.1, 0.15) is 39.0 Å². The van der Waals surface area contributed by atoms with Gasteiger partial charge in [0.15, 0.2) is 0 Å². The zero-order chi connectivity index (χ0) is 24.1. The normalized spacial score (nSPS) is 14.4. The molecule has 14 nitrogen and oxygen atoms in total. The molecule has 0 heterocycles. The van der Waals surface area contributed by atoms with E-state index in [1.54, 1.807) is 0 Å². The molecule has 0 aromatic heterocycles. The molecule has 0 aromatic carbocycles. The summed E-state index contributed by atoms with van der Waals surface area (Å²) in [7, 11) is 0. The lowest BCUT2D eigenvalue weighted by Crippen LogP contribution is -2.57. The van der Waals surface area contributed by atoms with Crippen molar-refractivity contribution in [3.05, 3.63) is 0 Å². The van der Waals surface area contributed by atoms with Crippen LogP contribution in [-0.2, 0) is 28.8 Å². The van der Waals surface area contributed by atoms with Crippen LogP contribution in [-0.4, -0.2) is 76.5 Å². The third kappa shape index (κ3) is 11.5. The average Bonchev–Trinajstić information content (AvgIpc) is 2.65. The van der Waals surface area contributed by atoms with Crippen molar-refractivity contribution in [1.82, 2.24) is 16.0 Å². The van der Waals surface area contributed by atoms with Gasteiger partial charge in [-0.2, -0.15) is 0 Å². The fourth-order valence-corrected chi connectivity index (χ4v) is 2.40. The van der Waals surface area contributed by atoms with Crippen LogP contribution in [0, 0.1) is 0 Å². The lowest BCUT2D eigenvalue weighted by Gasteiger charge is -2.23. The number of hydrogen-bond donors (Lipinski definition) is 8. The van der Waals surface area contributed by atoms with Crippen LogP contribution in [0.25, 0.3) is 0 Å². The van der Waals surface area contributed by atoms with Crippen molar-refractivity contribution >= 4 is 35.6 Å². The number of carbonyl (C=O) groups excluding carboxylic acids is 4. The number of carboxylic acids is 2. The van der Waals surface area contributed by atoms with E-state index in [1.165, 1.54) is 6.92 Å². The molecule has 14 heteroatoms. The molecule has 0 spiro atoms. The molecule has 0 saturated carbocycles. The summed E-state index contributed by atoms with van der Waals surface area (Å²) in [5.41, 5.74) is 15.9. The summed E-state index contributed by atoms with van der Waals surface area (Å²) < 4.78 is 0. The van der Waals surface area contributed by atoms with Crippen molar-refractivity contribution in [2.24, 2.45) is 17.2 Å². The lowest BCUT2D eigenvalue weighted by atomic mass is 10.1. The highest BCUT2D eigenvalue weighted by molar-refractivity contribution is 5.96. The van der Waals surface area contributed by atoms with Crippen molar-refractivity contribution in [2.75, 3.05) is 6.54 Å². The molecule has 0 fully saturated rings. The van der Waals surface area contributed by atoms with E-state index < -0.39 is 72.6 Å². The second kappa shape index (κ2) is 13.9. The molecule has 0 aromatic rings. The standard InChI is InChI=1S/C17H30N6O8/c1-8(21-15(28)9(19)6-13(25)26)14(27)23-11(7-12(20)24)16(29)22-10(17(30)31)4-2-3-5-18/h8-11H,2-7,18-19H2,1H3,(H2,20,24)(H,21,28)(H,22,29)(H,23,27)(H,25,26)(H,30,31). The molecule has 176 valence electrons. The van der Waals surface area contributed by atoms with Crippen LogP contribution < -0.4 is 33.2 Å². The highest BCUT2D eigenvalue weighted by atomic mass is 16.4. The Kier molecular flexibility index (Phi) is 12.4. The van der Waals surface area contributed by atoms with Crippen molar-refractivity contribution in [1.29, 1.82) is 0 Å². The zero-order valence-electron chi connectivity index (χ0n) is 17.1. The Labute approximate surface area is 178 Å². The van der Waals surface area contributed by atoms with Crippen LogP contribution in [0.2, 0.25) is 0 Å². The molecule has 0 radical (unpaired) electrons. The first-order valence-corrected chi connectivity index (χ1v) is 9.48. The van der Waals surface area contributed by atoms with Gasteiger partial charge in [0.05, 0.1) is 18.9 Å². The van der Waals surface area contributed by atoms with Crippen LogP contribution in [0.4, 0.5) is 0 Å². The number of carbonyl (C=O) groups is 6. The average molecular weight is 446 g/mol. The Hall–Kier alpha value is -3.26. The fourth-order valence-electron chi connectivity index (χ4n) is 2.40. The summed E-state index contributed by atoms with van der Waals surface area (Å²) >= 11 is 0. The summed E-state index contributed by atoms with van der Waals surface area (Å²) in [6, 6.07) is -5.40. The smallest absolute Gasteiger partial charge is 0.326 e. The summed E-state index contributed by atoms with van der Waals surface area (Å²) in [5, 5.41) is 24.5. The van der Waals surface area contributed by atoms with E-state index in [-0.39, 0.29) is 6.42 Å². The summed E-state index contributed by atoms with van der Waals surface area (Å²) in [6.07, 6.45) is -0.217. The fraction of sp³-hybridized carbons (Fsp3) is 0.647. The molecule has 11 N–H and O–H groups in total. The Balaban J connectivity index is 5.09. The van der Waals surface area contributed by atoms with Crippen molar-refractivity contribution in [2.45, 2.75) is 63.2 Å². The summed E-state index contributed by atoms with van der Waals surface area (Å²) in [4.78, 5) is 69.8. The van der Waals surface area contributed by atoms with E-state index in [0.717, 1.165) is 0 Å². The van der Waals surface area contributed by atoms with Gasteiger partial charge in [0.2, 0.25) is 23.6 Å². The van der Waals surface area contributed by atoms with Crippen LogP contribution in [0.3, 0.4) is 0 Å². The SMILES string of the molecule is CC(NC(=O)C(N)CC(=O)O)C(=O)NC(CC(N)=O)C(=O)NC(CCCCN)C(=O)O. The second-order valence-electron chi connectivity index (χ2n) is 6.85. The number of aliphatic carboxylic acids is 2. The number of nitrogens with one attached hydrogen (secondary N) is 3. The maximum atomic E-state index is 12.4. The van der Waals surface area contributed by atoms with Crippen molar-refractivity contribution in [3.63, 3.8) is 0 Å². The molecular weight excluding hydrogens is 416 g/mol. The molecule has 0 saturated heterocycles. The number of amides is 4. The van der Waals surface area contributed by atoms with Gasteiger partial charge in [0.1, 0.15) is 18.1 Å². The molecule has 0 aliphatic heterocycles. The molecule has 4 amide bonds. The molecule has 4 unspecified atom stereocenters. The number of rotatable bonds is 15. The van der Waals surface area contributed by atoms with E-state index >= 15 is 0 Å². The van der Waals surface area contributed by atoms with Gasteiger partial charge < -0.3 is 43.4 Å². The zero-order valence-corrected chi connectivity index (χ0v) is 17.1. The van der Waals surface area contributed by atoms with Crippen LogP contribution >= 0.6 is 0 Å². The van der Waals surface area contributed by atoms with Crippen molar-refractivity contribution in [3.8, 4) is 0 Å². The first kappa shape index (κ1) is 27.7. The Morgan fingerprint density at radius 2 is 1.42 bits per heavy atom. The molecule has 0 aliphatic rings. The second-order valence-corrected chi connectivity index (χ2v) is 6.85. The molecule has 4 atom stereocenters. The lowest BCUT2D eigenvalue weighted by molar-refractivity contribution is -0.142. The minimum atomic E-state index is -1.49. The number of nitrogens with two attached hydrogens (primary N) is 3. The van der Waals surface area contributed by atoms with Crippen LogP contribution in [0.15, 0.2) is 0 Å². The summed E-state index contributed by atoms with van der Waals surface area (Å²) in [5.74, 6) is -6.30. The highest BCUT2D eigenvalue weighted by Crippen LogP contribution is 2.03. The van der Waals surface area contributed by atoms with Gasteiger partial charge >= 0.3 is 11.9 Å². The number of hydrogen-bond acceptors (Lipinski definition) is 8. The van der Waals surface area contributed by atoms with Gasteiger partial charge in [0, 0.05) is 0 Å². The maximum absolute atomic E-state index is 12.4. The van der Waals surface area contributed by atoms with Gasteiger partial charge in [-0.1, -0.05) is 0 Å². The Morgan fingerprint density at radius 3 is 1.90 bits per heavy atom. The predicted octanol–water partition coefficient (Wildman–Crippen LogP) is -3.65. The van der Waals surface area contributed by atoms with Crippen LogP contribution in [0.5, 0.6) is 0 Å². The summed E-state index contributed by atoms with van der Waals surface area (Å²) in [6.45, 7) is 1.59. The van der Waals surface area contributed by atoms with Gasteiger partial charge in [0.25, 0.3) is 0 Å². The van der Waals surface area contributed by atoms with E-state index in [4.69, 9.17) is 22.3 Å². The van der Waals surface area contributed by atoms with Gasteiger partial charge in [-0.25, -0.2) is 4.79 Å². The molecule has 0 rings (SSSR count). The number of unbranched alkanes of at least 4 members (excludes halogenated alkanes) is 1. The van der Waals surface area contributed by atoms with Gasteiger partial charge in [-0.15, -0.1) is 0 Å². The van der Waals surface area contributed by atoms with E-state index in [2.05, 4.69) is 16.0 Å². The quantitative estimate of drug-likeness (QED) is 0.114. The van der Waals surface area contributed by atoms with E-state index in [1.807, 2.05) is 0 Å². The predicted molar refractivity (Wildman–Crippen MR) is 106 cm³/mol. The minimum Gasteiger partial charge on any atom is -0.481 e. The molecule has 31 heavy (non-hydrogen) atoms. The maximum Gasteiger partial charge on any atom is 0.326 e. The molecule has 0 aliphatic carbocycles.